The number of amides is 1. The van der Waals surface area contributed by atoms with Crippen molar-refractivity contribution in [2.75, 3.05) is 5.32 Å². The summed E-state index contributed by atoms with van der Waals surface area (Å²) in [6.07, 6.45) is 5.26. The Morgan fingerprint density at radius 2 is 2.16 bits per heavy atom. The van der Waals surface area contributed by atoms with Crippen molar-refractivity contribution >= 4 is 40.1 Å². The normalized spacial score (nSPS) is 11.1. The summed E-state index contributed by atoms with van der Waals surface area (Å²) in [5.74, 6) is -0.0828. The zero-order chi connectivity index (χ0) is 17.6. The molecule has 0 aliphatic carbocycles. The highest BCUT2D eigenvalue weighted by Gasteiger charge is 2.13. The van der Waals surface area contributed by atoms with Crippen LogP contribution in [0.4, 0.5) is 5.13 Å². The van der Waals surface area contributed by atoms with Gasteiger partial charge in [0, 0.05) is 28.6 Å². The van der Waals surface area contributed by atoms with E-state index in [0.717, 1.165) is 10.4 Å². The number of furan rings is 1. The van der Waals surface area contributed by atoms with Gasteiger partial charge in [-0.1, -0.05) is 23.7 Å². The average molecular weight is 370 g/mol. The van der Waals surface area contributed by atoms with Gasteiger partial charge in [-0.15, -0.1) is 11.3 Å². The molecule has 2 heterocycles. The number of rotatable bonds is 5. The summed E-state index contributed by atoms with van der Waals surface area (Å²) < 4.78 is 5.12. The van der Waals surface area contributed by atoms with Crippen molar-refractivity contribution < 1.29 is 9.21 Å². The topological polar surface area (TPSA) is 78.9 Å². The molecule has 0 atom stereocenters. The summed E-state index contributed by atoms with van der Waals surface area (Å²) in [6.45, 7) is 0. The highest BCUT2D eigenvalue weighted by molar-refractivity contribution is 7.15. The highest BCUT2D eigenvalue weighted by atomic mass is 35.5. The molecule has 0 radical (unpaired) electrons. The number of aromatic nitrogens is 1. The van der Waals surface area contributed by atoms with E-state index in [1.54, 1.807) is 18.3 Å². The zero-order valence-corrected chi connectivity index (χ0v) is 14.5. The van der Waals surface area contributed by atoms with Crippen LogP contribution in [0.2, 0.25) is 5.02 Å². The molecule has 124 valence electrons. The van der Waals surface area contributed by atoms with Crippen LogP contribution in [0.5, 0.6) is 0 Å². The minimum absolute atomic E-state index is 0.0515. The largest absolute Gasteiger partial charge is 0.465 e. The first-order valence-corrected chi connectivity index (χ1v) is 8.49. The first-order chi connectivity index (χ1) is 12.1. The van der Waals surface area contributed by atoms with Crippen molar-refractivity contribution in [2.24, 2.45) is 0 Å². The summed E-state index contributed by atoms with van der Waals surface area (Å²) in [5.41, 5.74) is 1.05. The van der Waals surface area contributed by atoms with Crippen molar-refractivity contribution in [3.8, 4) is 6.07 Å². The number of nitrogens with zero attached hydrogens (tertiary/aromatic N) is 2. The number of benzene rings is 1. The van der Waals surface area contributed by atoms with Gasteiger partial charge in [-0.05, 0) is 29.8 Å². The van der Waals surface area contributed by atoms with Gasteiger partial charge in [0.2, 0.25) is 0 Å². The standard InChI is InChI=1S/C18H12ClN3O2S/c19-14-5-3-12(4-6-14)8-16-11-21-18(25-16)22-17(23)13(10-20)9-15-2-1-7-24-15/h1-7,9,11H,8H2,(H,21,22,23)/b13-9-. The summed E-state index contributed by atoms with van der Waals surface area (Å²) in [5, 5.41) is 12.9. The molecule has 2 aromatic heterocycles. The van der Waals surface area contributed by atoms with Gasteiger partial charge in [0.15, 0.2) is 5.13 Å². The van der Waals surface area contributed by atoms with Crippen LogP contribution >= 0.6 is 22.9 Å². The molecule has 3 rings (SSSR count). The lowest BCUT2D eigenvalue weighted by Crippen LogP contribution is -2.13. The van der Waals surface area contributed by atoms with E-state index < -0.39 is 5.91 Å². The summed E-state index contributed by atoms with van der Waals surface area (Å²) in [6, 6.07) is 12.8. The molecule has 3 aromatic rings. The number of thiazole rings is 1. The van der Waals surface area contributed by atoms with Crippen LogP contribution < -0.4 is 5.32 Å². The number of halogens is 1. The van der Waals surface area contributed by atoms with Crippen LogP contribution in [0.1, 0.15) is 16.2 Å². The molecular weight excluding hydrogens is 358 g/mol. The number of carbonyl (C=O) groups is 1. The number of carbonyl (C=O) groups excluding carboxylic acids is 1. The quantitative estimate of drug-likeness (QED) is 0.529. The Hall–Kier alpha value is -2.88. The van der Waals surface area contributed by atoms with Crippen molar-refractivity contribution in [2.45, 2.75) is 6.42 Å². The van der Waals surface area contributed by atoms with E-state index in [0.29, 0.717) is 22.3 Å². The third-order valence-corrected chi connectivity index (χ3v) is 4.43. The monoisotopic (exact) mass is 369 g/mol. The van der Waals surface area contributed by atoms with E-state index in [4.69, 9.17) is 21.3 Å². The van der Waals surface area contributed by atoms with E-state index in [2.05, 4.69) is 10.3 Å². The second-order valence-electron chi connectivity index (χ2n) is 5.07. The van der Waals surface area contributed by atoms with E-state index in [-0.39, 0.29) is 5.57 Å². The lowest BCUT2D eigenvalue weighted by atomic mass is 10.1. The van der Waals surface area contributed by atoms with Gasteiger partial charge >= 0.3 is 0 Å². The molecule has 0 saturated heterocycles. The highest BCUT2D eigenvalue weighted by Crippen LogP contribution is 2.22. The molecule has 7 heteroatoms. The number of hydrogen-bond donors (Lipinski definition) is 1. The lowest BCUT2D eigenvalue weighted by Gasteiger charge is -1.99. The van der Waals surface area contributed by atoms with Crippen LogP contribution in [0.3, 0.4) is 0 Å². The first kappa shape index (κ1) is 17.0. The summed E-state index contributed by atoms with van der Waals surface area (Å²) in [4.78, 5) is 17.4. The van der Waals surface area contributed by atoms with E-state index >= 15 is 0 Å². The molecule has 0 unspecified atom stereocenters. The fourth-order valence-electron chi connectivity index (χ4n) is 2.08. The first-order valence-electron chi connectivity index (χ1n) is 7.30. The Bertz CT molecular complexity index is 938. The van der Waals surface area contributed by atoms with Gasteiger partial charge < -0.3 is 4.42 Å². The van der Waals surface area contributed by atoms with Crippen molar-refractivity contribution in [3.63, 3.8) is 0 Å². The van der Waals surface area contributed by atoms with Gasteiger partial charge in [0.05, 0.1) is 6.26 Å². The van der Waals surface area contributed by atoms with Gasteiger partial charge in [-0.25, -0.2) is 4.98 Å². The third kappa shape index (κ3) is 4.57. The number of nitrogens with one attached hydrogen (secondary N) is 1. The van der Waals surface area contributed by atoms with Gasteiger partial charge in [-0.2, -0.15) is 5.26 Å². The Balaban J connectivity index is 1.67. The Kier molecular flexibility index (Phi) is 5.29. The SMILES string of the molecule is N#C/C(=C/c1ccco1)C(=O)Nc1ncc(Cc2ccc(Cl)cc2)s1. The number of hydrogen-bond acceptors (Lipinski definition) is 5. The smallest absolute Gasteiger partial charge is 0.268 e. The van der Waals surface area contributed by atoms with Crippen LogP contribution in [0.15, 0.2) is 58.8 Å². The molecule has 5 nitrogen and oxygen atoms in total. The van der Waals surface area contributed by atoms with Gasteiger partial charge in [0.25, 0.3) is 5.91 Å². The van der Waals surface area contributed by atoms with Crippen LogP contribution in [0.25, 0.3) is 6.08 Å². The Morgan fingerprint density at radius 3 is 2.84 bits per heavy atom. The maximum atomic E-state index is 12.2. The average Bonchev–Trinajstić information content (AvgIpc) is 3.26. The van der Waals surface area contributed by atoms with Crippen LogP contribution in [-0.4, -0.2) is 10.9 Å². The lowest BCUT2D eigenvalue weighted by molar-refractivity contribution is -0.112. The Labute approximate surface area is 153 Å². The molecule has 0 bridgehead atoms. The number of nitriles is 1. The molecule has 0 aliphatic rings. The fourth-order valence-corrected chi connectivity index (χ4v) is 3.05. The molecule has 1 N–H and O–H groups in total. The second kappa shape index (κ2) is 7.79. The van der Waals surface area contributed by atoms with E-state index in [1.165, 1.54) is 23.7 Å². The zero-order valence-electron chi connectivity index (χ0n) is 12.9. The van der Waals surface area contributed by atoms with Crippen LogP contribution in [-0.2, 0) is 11.2 Å². The van der Waals surface area contributed by atoms with Crippen LogP contribution in [0, 0.1) is 11.3 Å². The summed E-state index contributed by atoms with van der Waals surface area (Å²) >= 11 is 7.23. The van der Waals surface area contributed by atoms with E-state index in [1.807, 2.05) is 30.3 Å². The molecule has 1 amide bonds. The summed E-state index contributed by atoms with van der Waals surface area (Å²) in [7, 11) is 0. The minimum atomic E-state index is -0.522. The fraction of sp³-hybridized carbons (Fsp3) is 0.0556. The van der Waals surface area contributed by atoms with Gasteiger partial charge in [-0.3, -0.25) is 10.1 Å². The maximum Gasteiger partial charge on any atom is 0.268 e. The molecule has 25 heavy (non-hydrogen) atoms. The molecule has 0 spiro atoms. The van der Waals surface area contributed by atoms with Crippen molar-refractivity contribution in [1.82, 2.24) is 4.98 Å². The predicted molar refractivity (Wildman–Crippen MR) is 97.3 cm³/mol. The third-order valence-electron chi connectivity index (χ3n) is 3.26. The Morgan fingerprint density at radius 1 is 1.36 bits per heavy atom. The number of anilines is 1. The maximum absolute atomic E-state index is 12.2. The van der Waals surface area contributed by atoms with Crippen molar-refractivity contribution in [1.29, 1.82) is 5.26 Å². The molecule has 1 aromatic carbocycles. The molecule has 0 saturated carbocycles. The van der Waals surface area contributed by atoms with Crippen molar-refractivity contribution in [3.05, 3.63) is 75.7 Å². The molecule has 0 fully saturated rings. The second-order valence-corrected chi connectivity index (χ2v) is 6.63. The molecule has 0 aliphatic heterocycles. The molecular formula is C18H12ClN3O2S. The van der Waals surface area contributed by atoms with Gasteiger partial charge in [0.1, 0.15) is 17.4 Å². The minimum Gasteiger partial charge on any atom is -0.465 e. The predicted octanol–water partition coefficient (Wildman–Crippen LogP) is 4.53. The van der Waals surface area contributed by atoms with E-state index in [9.17, 15) is 4.79 Å².